The number of rotatable bonds is 3. The van der Waals surface area contributed by atoms with Gasteiger partial charge in [-0.1, -0.05) is 12.1 Å². The molecule has 0 amide bonds. The third-order valence-electron chi connectivity index (χ3n) is 6.31. The van der Waals surface area contributed by atoms with E-state index in [0.717, 1.165) is 73.0 Å². The molecule has 1 N–H and O–H groups in total. The van der Waals surface area contributed by atoms with Gasteiger partial charge in [0.15, 0.2) is 0 Å². The zero-order chi connectivity index (χ0) is 20.0. The van der Waals surface area contributed by atoms with Crippen molar-refractivity contribution in [3.05, 3.63) is 74.4 Å². The number of quaternary nitrogens is 1. The van der Waals surface area contributed by atoms with E-state index >= 15 is 0 Å². The van der Waals surface area contributed by atoms with Crippen molar-refractivity contribution in [1.29, 1.82) is 0 Å². The van der Waals surface area contributed by atoms with Crippen molar-refractivity contribution in [1.82, 2.24) is 0 Å². The van der Waals surface area contributed by atoms with Crippen molar-refractivity contribution in [2.24, 2.45) is 0 Å². The minimum Gasteiger partial charge on any atom is -0.444 e. The molecule has 1 aromatic heterocycles. The fraction of sp³-hybridized carbons (Fsp3) is 0.375. The van der Waals surface area contributed by atoms with E-state index in [-0.39, 0.29) is 11.4 Å². The Morgan fingerprint density at radius 3 is 2.66 bits per heavy atom. The van der Waals surface area contributed by atoms with Crippen molar-refractivity contribution in [2.45, 2.75) is 45.6 Å². The van der Waals surface area contributed by atoms with Gasteiger partial charge in [0.2, 0.25) is 6.73 Å². The molecule has 0 saturated carbocycles. The lowest BCUT2D eigenvalue weighted by atomic mass is 9.89. The summed E-state index contributed by atoms with van der Waals surface area (Å²) >= 11 is 0. The maximum atomic E-state index is 13.1. The second-order valence-corrected chi connectivity index (χ2v) is 8.26. The summed E-state index contributed by atoms with van der Waals surface area (Å²) in [5.74, 6) is 0.663. The number of halogens is 1. The van der Waals surface area contributed by atoms with Crippen molar-refractivity contribution in [2.75, 3.05) is 13.3 Å². The Morgan fingerprint density at radius 2 is 1.86 bits per heavy atom. The third kappa shape index (κ3) is 3.33. The fourth-order valence-corrected chi connectivity index (χ4v) is 4.75. The predicted octanol–water partition coefficient (Wildman–Crippen LogP) is 3.10. The van der Waals surface area contributed by atoms with Crippen LogP contribution in [-0.4, -0.2) is 13.3 Å². The molecule has 0 radical (unpaired) electrons. The molecule has 5 rings (SSSR count). The van der Waals surface area contributed by atoms with Gasteiger partial charge in [0.05, 0.1) is 6.54 Å². The lowest BCUT2D eigenvalue weighted by molar-refractivity contribution is -0.932. The quantitative estimate of drug-likeness (QED) is 0.695. The minimum absolute atomic E-state index is 0.183. The Kier molecular flexibility index (Phi) is 4.63. The Morgan fingerprint density at radius 1 is 1.10 bits per heavy atom. The van der Waals surface area contributed by atoms with Gasteiger partial charge in [-0.3, -0.25) is 4.90 Å². The molecule has 2 heterocycles. The average molecular weight is 394 g/mol. The first-order valence-corrected chi connectivity index (χ1v) is 10.4. The van der Waals surface area contributed by atoms with E-state index in [0.29, 0.717) is 12.3 Å². The van der Waals surface area contributed by atoms with Gasteiger partial charge < -0.3 is 9.15 Å². The smallest absolute Gasteiger partial charge is 0.339 e. The number of ether oxygens (including phenoxy) is 1. The SMILES string of the molecule is Cc1c2c(cc3c4c(c(=O)oc13)CCCC4)C[NH+](CCc1ccc(F)cc1)CO2. The highest BCUT2D eigenvalue weighted by Crippen LogP contribution is 2.35. The molecule has 1 aliphatic carbocycles. The molecule has 29 heavy (non-hydrogen) atoms. The number of nitrogens with one attached hydrogen (secondary N) is 1. The summed E-state index contributed by atoms with van der Waals surface area (Å²) in [6.45, 7) is 4.36. The zero-order valence-electron chi connectivity index (χ0n) is 16.6. The van der Waals surface area contributed by atoms with Gasteiger partial charge in [-0.2, -0.15) is 0 Å². The summed E-state index contributed by atoms with van der Waals surface area (Å²) in [4.78, 5) is 13.8. The molecule has 0 fully saturated rings. The number of hydrogen-bond donors (Lipinski definition) is 1. The fourth-order valence-electron chi connectivity index (χ4n) is 4.75. The van der Waals surface area contributed by atoms with Gasteiger partial charge >= 0.3 is 5.63 Å². The molecular formula is C24H25FNO3+. The number of aryl methyl sites for hydroxylation is 2. The molecular weight excluding hydrogens is 369 g/mol. The van der Waals surface area contributed by atoms with Crippen LogP contribution in [0.3, 0.4) is 0 Å². The van der Waals surface area contributed by atoms with Gasteiger partial charge in [-0.25, -0.2) is 9.18 Å². The van der Waals surface area contributed by atoms with E-state index in [4.69, 9.17) is 9.15 Å². The molecule has 5 heteroatoms. The molecule has 0 bridgehead atoms. The Balaban J connectivity index is 1.45. The van der Waals surface area contributed by atoms with E-state index < -0.39 is 0 Å². The number of fused-ring (bicyclic) bond motifs is 4. The first-order valence-electron chi connectivity index (χ1n) is 10.4. The normalized spacial score (nSPS) is 18.2. The van der Waals surface area contributed by atoms with Crippen molar-refractivity contribution in [3.8, 4) is 5.75 Å². The molecule has 0 saturated heterocycles. The predicted molar refractivity (Wildman–Crippen MR) is 109 cm³/mol. The summed E-state index contributed by atoms with van der Waals surface area (Å²) < 4.78 is 24.9. The van der Waals surface area contributed by atoms with Crippen LogP contribution in [0.4, 0.5) is 4.39 Å². The Labute approximate surface area is 168 Å². The highest BCUT2D eigenvalue weighted by Gasteiger charge is 2.27. The molecule has 2 aromatic carbocycles. The van der Waals surface area contributed by atoms with Crippen LogP contribution < -0.4 is 15.3 Å². The largest absolute Gasteiger partial charge is 0.444 e. The molecule has 2 aliphatic rings. The van der Waals surface area contributed by atoms with Gasteiger partial charge in [0, 0.05) is 28.5 Å². The highest BCUT2D eigenvalue weighted by molar-refractivity contribution is 5.87. The van der Waals surface area contributed by atoms with E-state index in [1.54, 1.807) is 0 Å². The van der Waals surface area contributed by atoms with Gasteiger partial charge in [-0.15, -0.1) is 0 Å². The molecule has 1 unspecified atom stereocenters. The molecule has 150 valence electrons. The molecule has 1 atom stereocenters. The number of benzene rings is 2. The zero-order valence-corrected chi connectivity index (χ0v) is 16.6. The maximum Gasteiger partial charge on any atom is 0.339 e. The standard InChI is InChI=1S/C24H24FNO3/c1-15-22-17(12-21-19-4-2-3-5-20(19)24(27)29-23(15)21)13-26(14-28-22)11-10-16-6-8-18(25)9-7-16/h6-9,12H,2-5,10-11,13-14H2,1H3/p+1. The van der Waals surface area contributed by atoms with Gasteiger partial charge in [-0.05, 0) is 61.9 Å². The van der Waals surface area contributed by atoms with E-state index in [2.05, 4.69) is 6.07 Å². The van der Waals surface area contributed by atoms with Crippen molar-refractivity contribution in [3.63, 3.8) is 0 Å². The minimum atomic E-state index is -0.200. The van der Waals surface area contributed by atoms with E-state index in [9.17, 15) is 9.18 Å². The third-order valence-corrected chi connectivity index (χ3v) is 6.31. The summed E-state index contributed by atoms with van der Waals surface area (Å²) in [6.07, 6.45) is 4.81. The average Bonchev–Trinajstić information content (AvgIpc) is 2.74. The van der Waals surface area contributed by atoms with Crippen LogP contribution in [0, 0.1) is 12.7 Å². The summed E-state index contributed by atoms with van der Waals surface area (Å²) in [6, 6.07) is 8.90. The first-order chi connectivity index (χ1) is 14.1. The van der Waals surface area contributed by atoms with Crippen LogP contribution in [0.25, 0.3) is 11.0 Å². The lowest BCUT2D eigenvalue weighted by Crippen LogP contribution is -3.12. The number of hydrogen-bond acceptors (Lipinski definition) is 3. The molecule has 0 spiro atoms. The van der Waals surface area contributed by atoms with Gasteiger partial charge in [0.25, 0.3) is 0 Å². The van der Waals surface area contributed by atoms with Crippen molar-refractivity contribution < 1.29 is 18.4 Å². The summed E-state index contributed by atoms with van der Waals surface area (Å²) in [5.41, 5.74) is 5.78. The summed E-state index contributed by atoms with van der Waals surface area (Å²) in [5, 5.41) is 1.08. The Bertz CT molecular complexity index is 1130. The van der Waals surface area contributed by atoms with Crippen LogP contribution in [-0.2, 0) is 25.8 Å². The summed E-state index contributed by atoms with van der Waals surface area (Å²) in [7, 11) is 0. The van der Waals surface area contributed by atoms with Crippen molar-refractivity contribution >= 4 is 11.0 Å². The van der Waals surface area contributed by atoms with Crippen LogP contribution in [0.5, 0.6) is 5.75 Å². The second-order valence-electron chi connectivity index (χ2n) is 8.26. The lowest BCUT2D eigenvalue weighted by Gasteiger charge is -2.28. The molecule has 1 aliphatic heterocycles. The van der Waals surface area contributed by atoms with Crippen LogP contribution in [0.2, 0.25) is 0 Å². The van der Waals surface area contributed by atoms with E-state index in [1.165, 1.54) is 28.2 Å². The topological polar surface area (TPSA) is 43.9 Å². The van der Waals surface area contributed by atoms with Crippen LogP contribution in [0.15, 0.2) is 39.5 Å². The molecule has 4 nitrogen and oxygen atoms in total. The van der Waals surface area contributed by atoms with Crippen LogP contribution in [0.1, 0.15) is 40.7 Å². The van der Waals surface area contributed by atoms with Crippen LogP contribution >= 0.6 is 0 Å². The monoisotopic (exact) mass is 394 g/mol. The molecule has 3 aromatic rings. The maximum absolute atomic E-state index is 13.1. The Hall–Kier alpha value is -2.66. The highest BCUT2D eigenvalue weighted by atomic mass is 19.1. The second kappa shape index (κ2) is 7.30. The first kappa shape index (κ1) is 18.4. The van der Waals surface area contributed by atoms with Gasteiger partial charge in [0.1, 0.15) is 23.7 Å². The van der Waals surface area contributed by atoms with E-state index in [1.807, 2.05) is 19.1 Å².